The Morgan fingerprint density at radius 3 is 2.27 bits per heavy atom. The van der Waals surface area contributed by atoms with E-state index in [1.807, 2.05) is 6.92 Å². The van der Waals surface area contributed by atoms with Crippen LogP contribution in [-0.2, 0) is 4.79 Å². The van der Waals surface area contributed by atoms with Crippen LogP contribution in [0.15, 0.2) is 12.7 Å². The van der Waals surface area contributed by atoms with Crippen LogP contribution in [0.5, 0.6) is 0 Å². The van der Waals surface area contributed by atoms with Crippen LogP contribution in [0.2, 0.25) is 0 Å². The van der Waals surface area contributed by atoms with E-state index >= 15 is 0 Å². The first-order valence-electron chi connectivity index (χ1n) is 5.24. The van der Waals surface area contributed by atoms with E-state index in [2.05, 4.69) is 6.58 Å². The Morgan fingerprint density at radius 1 is 1.47 bits per heavy atom. The molecule has 0 aliphatic rings. The average Bonchev–Trinajstić information content (AvgIpc) is 2.11. The number of ketones is 1. The number of rotatable bonds is 6. The fraction of sp³-hybridized carbons (Fsp3) is 0.750. The zero-order chi connectivity index (χ0) is 12.2. The van der Waals surface area contributed by atoms with Gasteiger partial charge in [0, 0.05) is 18.3 Å². The minimum Gasteiger partial charge on any atom is -0.392 e. The molecule has 0 aliphatic heterocycles. The molecule has 0 unspecified atom stereocenters. The molecule has 0 aromatic heterocycles. The highest BCUT2D eigenvalue weighted by Crippen LogP contribution is 2.19. The molecule has 0 heterocycles. The highest BCUT2D eigenvalue weighted by atomic mass is 16.3. The van der Waals surface area contributed by atoms with Crippen molar-refractivity contribution >= 4 is 5.78 Å². The molecular formula is C12H22O3. The molecule has 0 aliphatic carbocycles. The Hall–Kier alpha value is -0.670. The fourth-order valence-electron chi connectivity index (χ4n) is 1.37. The number of carbonyl (C=O) groups excluding carboxylic acids is 1. The Labute approximate surface area is 91.8 Å². The second-order valence-electron chi connectivity index (χ2n) is 4.83. The van der Waals surface area contributed by atoms with Crippen LogP contribution in [0.4, 0.5) is 0 Å². The number of hydrogen-bond donors (Lipinski definition) is 2. The highest BCUT2D eigenvalue weighted by molar-refractivity contribution is 5.82. The van der Waals surface area contributed by atoms with Gasteiger partial charge in [0.05, 0.1) is 11.7 Å². The third-order valence-corrected chi connectivity index (χ3v) is 2.54. The van der Waals surface area contributed by atoms with E-state index in [1.54, 1.807) is 26.8 Å². The van der Waals surface area contributed by atoms with Gasteiger partial charge in [0.25, 0.3) is 0 Å². The highest BCUT2D eigenvalue weighted by Gasteiger charge is 2.28. The smallest absolute Gasteiger partial charge is 0.141 e. The van der Waals surface area contributed by atoms with Crippen molar-refractivity contribution in [3.05, 3.63) is 12.7 Å². The predicted molar refractivity (Wildman–Crippen MR) is 60.5 cm³/mol. The summed E-state index contributed by atoms with van der Waals surface area (Å²) in [6.45, 7) is 10.2. The molecule has 3 atom stereocenters. The van der Waals surface area contributed by atoms with Crippen molar-refractivity contribution in [3.63, 3.8) is 0 Å². The van der Waals surface area contributed by atoms with E-state index < -0.39 is 17.6 Å². The van der Waals surface area contributed by atoms with Gasteiger partial charge in [-0.2, -0.15) is 0 Å². The lowest BCUT2D eigenvalue weighted by Crippen LogP contribution is -2.34. The van der Waals surface area contributed by atoms with Crippen LogP contribution < -0.4 is 0 Å². The molecule has 0 fully saturated rings. The maximum atomic E-state index is 11.7. The molecule has 3 nitrogen and oxygen atoms in total. The maximum Gasteiger partial charge on any atom is 0.141 e. The van der Waals surface area contributed by atoms with Gasteiger partial charge in [-0.1, -0.05) is 19.9 Å². The van der Waals surface area contributed by atoms with Crippen molar-refractivity contribution in [2.75, 3.05) is 0 Å². The van der Waals surface area contributed by atoms with Crippen molar-refractivity contribution in [2.45, 2.75) is 45.8 Å². The molecule has 0 amide bonds. The summed E-state index contributed by atoms with van der Waals surface area (Å²) >= 11 is 0. The second kappa shape index (κ2) is 5.42. The summed E-state index contributed by atoms with van der Waals surface area (Å²) < 4.78 is 0. The lowest BCUT2D eigenvalue weighted by molar-refractivity contribution is -0.130. The average molecular weight is 214 g/mol. The summed E-state index contributed by atoms with van der Waals surface area (Å²) in [7, 11) is 0. The molecule has 0 bridgehead atoms. The van der Waals surface area contributed by atoms with Gasteiger partial charge in [-0.3, -0.25) is 4.79 Å². The topological polar surface area (TPSA) is 57.5 Å². The van der Waals surface area contributed by atoms with E-state index in [-0.39, 0.29) is 18.1 Å². The van der Waals surface area contributed by atoms with Crippen LogP contribution in [0.3, 0.4) is 0 Å². The lowest BCUT2D eigenvalue weighted by atomic mass is 9.86. The summed E-state index contributed by atoms with van der Waals surface area (Å²) in [4.78, 5) is 11.7. The van der Waals surface area contributed by atoms with Crippen molar-refractivity contribution in [1.82, 2.24) is 0 Å². The Bertz CT molecular complexity index is 228. The van der Waals surface area contributed by atoms with Gasteiger partial charge in [0.1, 0.15) is 5.78 Å². The molecule has 2 N–H and O–H groups in total. The first kappa shape index (κ1) is 14.3. The van der Waals surface area contributed by atoms with Gasteiger partial charge in [0.2, 0.25) is 0 Å². The normalized spacial score (nSPS) is 18.0. The Balaban J connectivity index is 4.38. The molecule has 15 heavy (non-hydrogen) atoms. The minimum atomic E-state index is -1.01. The summed E-state index contributed by atoms with van der Waals surface area (Å²) in [5.41, 5.74) is -1.01. The molecule has 0 aromatic rings. The van der Waals surface area contributed by atoms with E-state index in [1.165, 1.54) is 0 Å². The van der Waals surface area contributed by atoms with Gasteiger partial charge < -0.3 is 10.2 Å². The van der Waals surface area contributed by atoms with E-state index in [9.17, 15) is 15.0 Å². The van der Waals surface area contributed by atoms with Crippen molar-refractivity contribution < 1.29 is 15.0 Å². The van der Waals surface area contributed by atoms with Crippen LogP contribution in [0.25, 0.3) is 0 Å². The Kier molecular flexibility index (Phi) is 5.18. The summed E-state index contributed by atoms with van der Waals surface area (Å²) in [5, 5.41) is 19.3. The fourth-order valence-corrected chi connectivity index (χ4v) is 1.37. The van der Waals surface area contributed by atoms with Crippen LogP contribution >= 0.6 is 0 Å². The zero-order valence-corrected chi connectivity index (χ0v) is 10.0. The van der Waals surface area contributed by atoms with Gasteiger partial charge in [-0.05, 0) is 13.8 Å². The maximum absolute atomic E-state index is 11.7. The molecule has 0 saturated carbocycles. The molecular weight excluding hydrogens is 192 g/mol. The number of Topliss-reactive ketones (excluding diaryl/α,β-unsaturated/α-hetero) is 1. The molecule has 88 valence electrons. The van der Waals surface area contributed by atoms with Gasteiger partial charge >= 0.3 is 0 Å². The van der Waals surface area contributed by atoms with Crippen LogP contribution in [0.1, 0.15) is 34.1 Å². The van der Waals surface area contributed by atoms with Gasteiger partial charge in [0.15, 0.2) is 0 Å². The third-order valence-electron chi connectivity index (χ3n) is 2.54. The molecule has 0 radical (unpaired) electrons. The number of hydrogen-bond acceptors (Lipinski definition) is 3. The van der Waals surface area contributed by atoms with Gasteiger partial charge in [-0.15, -0.1) is 6.58 Å². The van der Waals surface area contributed by atoms with E-state index in [4.69, 9.17) is 0 Å². The monoisotopic (exact) mass is 214 g/mol. The minimum absolute atomic E-state index is 0.0646. The van der Waals surface area contributed by atoms with E-state index in [0.29, 0.717) is 0 Å². The van der Waals surface area contributed by atoms with Crippen LogP contribution in [-0.4, -0.2) is 27.7 Å². The Morgan fingerprint density at radius 2 is 1.93 bits per heavy atom. The number of aliphatic hydroxyl groups excluding tert-OH is 1. The number of carbonyl (C=O) groups is 1. The van der Waals surface area contributed by atoms with Gasteiger partial charge in [-0.25, -0.2) is 0 Å². The molecule has 0 saturated heterocycles. The molecule has 0 spiro atoms. The van der Waals surface area contributed by atoms with Crippen molar-refractivity contribution in [3.8, 4) is 0 Å². The molecule has 0 rings (SSSR count). The first-order valence-corrected chi connectivity index (χ1v) is 5.24. The lowest BCUT2D eigenvalue weighted by Gasteiger charge is -2.24. The second-order valence-corrected chi connectivity index (χ2v) is 4.83. The third kappa shape index (κ3) is 5.09. The van der Waals surface area contributed by atoms with Crippen molar-refractivity contribution in [1.29, 1.82) is 0 Å². The zero-order valence-electron chi connectivity index (χ0n) is 10.0. The SMILES string of the molecule is C=C[C@H](C)[C@H](O)[C@H](C)C(=O)CC(C)(C)O. The standard InChI is InChI=1S/C12H22O3/c1-6-8(2)11(14)9(3)10(13)7-12(4,5)15/h6,8-9,11,14-15H,1,7H2,2-5H3/t8-,9+,11-/m0/s1. The largest absolute Gasteiger partial charge is 0.392 e. The molecule has 0 aromatic carbocycles. The summed E-state index contributed by atoms with van der Waals surface area (Å²) in [6, 6.07) is 0. The van der Waals surface area contributed by atoms with E-state index in [0.717, 1.165) is 0 Å². The summed E-state index contributed by atoms with van der Waals surface area (Å²) in [6.07, 6.45) is 0.963. The molecule has 3 heteroatoms. The van der Waals surface area contributed by atoms with Crippen molar-refractivity contribution in [2.24, 2.45) is 11.8 Å². The number of aliphatic hydroxyl groups is 2. The predicted octanol–water partition coefficient (Wildman–Crippen LogP) is 1.54. The first-order chi connectivity index (χ1) is 6.69. The summed E-state index contributed by atoms with van der Waals surface area (Å²) in [5.74, 6) is -0.709. The quantitative estimate of drug-likeness (QED) is 0.659. The van der Waals surface area contributed by atoms with Crippen LogP contribution in [0, 0.1) is 11.8 Å².